The highest BCUT2D eigenvalue weighted by molar-refractivity contribution is 6.31. The number of rotatable bonds is 11. The molecule has 0 spiro atoms. The van der Waals surface area contributed by atoms with Crippen LogP contribution < -0.4 is 20.1 Å². The van der Waals surface area contributed by atoms with Gasteiger partial charge in [-0.25, -0.2) is 13.2 Å². The maximum absolute atomic E-state index is 13.7. The Kier molecular flexibility index (Phi) is 12.5. The van der Waals surface area contributed by atoms with E-state index in [1.165, 1.54) is 0 Å². The normalized spacial score (nSPS) is 12.7. The van der Waals surface area contributed by atoms with Crippen molar-refractivity contribution >= 4 is 29.6 Å². The first-order valence-electron chi connectivity index (χ1n) is 12.9. The number of ether oxygens (including phenoxy) is 2. The van der Waals surface area contributed by atoms with Gasteiger partial charge in [0.25, 0.3) is 6.47 Å². The first kappa shape index (κ1) is 31.5. The van der Waals surface area contributed by atoms with E-state index in [2.05, 4.69) is 10.6 Å². The Morgan fingerprint density at radius 3 is 2.37 bits per heavy atom. The van der Waals surface area contributed by atoms with Crippen molar-refractivity contribution in [3.63, 3.8) is 0 Å². The second-order valence-electron chi connectivity index (χ2n) is 8.86. The summed E-state index contributed by atoms with van der Waals surface area (Å²) in [7, 11) is 0. The zero-order chi connectivity index (χ0) is 29.6. The van der Waals surface area contributed by atoms with Gasteiger partial charge in [0.05, 0.1) is 0 Å². The van der Waals surface area contributed by atoms with Crippen LogP contribution in [0.15, 0.2) is 66.2 Å². The van der Waals surface area contributed by atoms with Crippen LogP contribution >= 0.6 is 11.6 Å². The number of carbonyl (C=O) groups is 2. The van der Waals surface area contributed by atoms with Crippen LogP contribution in [0, 0.1) is 17.5 Å². The molecule has 0 radical (unpaired) electrons. The third-order valence-electron chi connectivity index (χ3n) is 6.12. The van der Waals surface area contributed by atoms with Gasteiger partial charge >= 0.3 is 0 Å². The van der Waals surface area contributed by atoms with Crippen LogP contribution in [0.2, 0.25) is 5.02 Å². The van der Waals surface area contributed by atoms with Crippen molar-refractivity contribution in [2.75, 3.05) is 32.8 Å². The Bertz CT molecular complexity index is 1330. The average molecular weight is 591 g/mol. The summed E-state index contributed by atoms with van der Waals surface area (Å²) < 4.78 is 51.0. The molecule has 0 bridgehead atoms. The number of carboxylic acid groups (broad SMARTS) is 1. The highest BCUT2D eigenvalue weighted by Gasteiger charge is 2.20. The van der Waals surface area contributed by atoms with Crippen molar-refractivity contribution < 1.29 is 37.3 Å². The Morgan fingerprint density at radius 1 is 1.02 bits per heavy atom. The van der Waals surface area contributed by atoms with Gasteiger partial charge in [0.2, 0.25) is 5.91 Å². The van der Waals surface area contributed by atoms with Crippen molar-refractivity contribution in [3.05, 3.63) is 99.8 Å². The van der Waals surface area contributed by atoms with Crippen LogP contribution in [-0.2, 0) is 16.0 Å². The fourth-order valence-corrected chi connectivity index (χ4v) is 4.46. The monoisotopic (exact) mass is 590 g/mol. The van der Waals surface area contributed by atoms with Crippen molar-refractivity contribution in [1.29, 1.82) is 0 Å². The Hall–Kier alpha value is -4.02. The predicted octanol–water partition coefficient (Wildman–Crippen LogP) is 5.41. The van der Waals surface area contributed by atoms with Crippen molar-refractivity contribution in [1.82, 2.24) is 10.6 Å². The van der Waals surface area contributed by atoms with E-state index < -0.39 is 23.2 Å². The average Bonchev–Trinajstić information content (AvgIpc) is 2.96. The Morgan fingerprint density at radius 2 is 1.68 bits per heavy atom. The van der Waals surface area contributed by atoms with Gasteiger partial charge in [-0.05, 0) is 60.7 Å². The maximum atomic E-state index is 13.7. The molecule has 0 saturated carbocycles. The smallest absolute Gasteiger partial charge is 0.290 e. The number of carbonyl (C=O) groups excluding carboxylic acids is 1. The minimum atomic E-state index is -1.11. The van der Waals surface area contributed by atoms with Gasteiger partial charge < -0.3 is 25.2 Å². The standard InChI is InChI=1S/C29H28ClF3N2O3.CH2O2/c30-25-6-2-1-4-20(25)5-3-12-35-29(36)24-18-34-13-11-23(24)19-7-9-22(10-8-19)37-14-15-38-28-26(32)16-21(31)17-27(28)33;2-1-3/h1-2,4,6-10,16-17,34H,3,5,11-15,18H2,(H,35,36);1H,(H,2,3). The lowest BCUT2D eigenvalue weighted by atomic mass is 9.93. The minimum absolute atomic E-state index is 0.0318. The number of aryl methyl sites for hydroxylation is 1. The Balaban J connectivity index is 0.00000147. The molecule has 1 heterocycles. The largest absolute Gasteiger partial charge is 0.490 e. The van der Waals surface area contributed by atoms with Crippen LogP contribution in [0.25, 0.3) is 5.57 Å². The number of nitrogens with one attached hydrogen (secondary N) is 2. The van der Waals surface area contributed by atoms with Gasteiger partial charge in [0, 0.05) is 35.8 Å². The molecule has 0 saturated heterocycles. The molecular weight excluding hydrogens is 561 g/mol. The van der Waals surface area contributed by atoms with Crippen molar-refractivity contribution in [3.8, 4) is 11.5 Å². The van der Waals surface area contributed by atoms with Crippen LogP contribution in [0.5, 0.6) is 11.5 Å². The molecule has 41 heavy (non-hydrogen) atoms. The summed E-state index contributed by atoms with van der Waals surface area (Å²) in [5.74, 6) is -3.42. The molecule has 0 aliphatic carbocycles. The molecule has 1 aliphatic rings. The fourth-order valence-electron chi connectivity index (χ4n) is 4.23. The molecule has 1 aliphatic heterocycles. The van der Waals surface area contributed by atoms with E-state index in [0.29, 0.717) is 43.0 Å². The molecular formula is C30H30ClF3N2O5. The Labute approximate surface area is 240 Å². The lowest BCUT2D eigenvalue weighted by molar-refractivity contribution is -0.123. The number of halogens is 4. The van der Waals surface area contributed by atoms with E-state index in [9.17, 15) is 18.0 Å². The maximum Gasteiger partial charge on any atom is 0.290 e. The number of amides is 1. The molecule has 11 heteroatoms. The second-order valence-corrected chi connectivity index (χ2v) is 9.27. The molecule has 7 nitrogen and oxygen atoms in total. The highest BCUT2D eigenvalue weighted by Crippen LogP contribution is 2.27. The molecule has 218 valence electrons. The quantitative estimate of drug-likeness (QED) is 0.204. The predicted molar refractivity (Wildman–Crippen MR) is 150 cm³/mol. The molecule has 0 fully saturated rings. The van der Waals surface area contributed by atoms with E-state index >= 15 is 0 Å². The fraction of sp³-hybridized carbons (Fsp3) is 0.267. The van der Waals surface area contributed by atoms with Crippen LogP contribution in [-0.4, -0.2) is 50.3 Å². The van der Waals surface area contributed by atoms with Gasteiger partial charge in [-0.15, -0.1) is 0 Å². The zero-order valence-corrected chi connectivity index (χ0v) is 22.9. The molecule has 0 aromatic heterocycles. The number of hydrogen-bond acceptors (Lipinski definition) is 5. The summed E-state index contributed by atoms with van der Waals surface area (Å²) in [5, 5.41) is 13.9. The summed E-state index contributed by atoms with van der Waals surface area (Å²) in [6.45, 7) is 1.45. The summed E-state index contributed by atoms with van der Waals surface area (Å²) >= 11 is 6.21. The van der Waals surface area contributed by atoms with E-state index in [4.69, 9.17) is 31.0 Å². The first-order valence-corrected chi connectivity index (χ1v) is 13.2. The zero-order valence-electron chi connectivity index (χ0n) is 22.1. The van der Waals surface area contributed by atoms with Gasteiger partial charge in [0.15, 0.2) is 17.4 Å². The second kappa shape index (κ2) is 16.3. The molecule has 4 rings (SSSR count). The lowest BCUT2D eigenvalue weighted by Gasteiger charge is -2.21. The van der Waals surface area contributed by atoms with Crippen molar-refractivity contribution in [2.24, 2.45) is 0 Å². The third-order valence-corrected chi connectivity index (χ3v) is 6.49. The molecule has 3 aromatic rings. The van der Waals surface area contributed by atoms with Crippen LogP contribution in [0.3, 0.4) is 0 Å². The minimum Gasteiger partial charge on any atom is -0.490 e. The molecule has 3 aromatic carbocycles. The van der Waals surface area contributed by atoms with Gasteiger partial charge in [-0.1, -0.05) is 41.9 Å². The van der Waals surface area contributed by atoms with Crippen molar-refractivity contribution in [2.45, 2.75) is 19.3 Å². The highest BCUT2D eigenvalue weighted by atomic mass is 35.5. The van der Waals surface area contributed by atoms with Crippen LogP contribution in [0.4, 0.5) is 13.2 Å². The molecule has 1 amide bonds. The summed E-state index contributed by atoms with van der Waals surface area (Å²) in [5.41, 5.74) is 3.67. The van der Waals surface area contributed by atoms with E-state index in [1.807, 2.05) is 36.4 Å². The SMILES string of the molecule is O=C(NCCCc1ccccc1Cl)C1=C(c2ccc(OCCOc3c(F)cc(F)cc3F)cc2)CCNC1.O=CO. The number of hydrogen-bond donors (Lipinski definition) is 3. The summed E-state index contributed by atoms with van der Waals surface area (Å²) in [4.78, 5) is 21.3. The molecule has 0 atom stereocenters. The molecule has 0 unspecified atom stereocenters. The topological polar surface area (TPSA) is 96.9 Å². The first-order chi connectivity index (χ1) is 19.8. The van der Waals surface area contributed by atoms with Gasteiger partial charge in [0.1, 0.15) is 24.8 Å². The molecule has 3 N–H and O–H groups in total. The summed E-state index contributed by atoms with van der Waals surface area (Å²) in [6.07, 6.45) is 2.28. The summed E-state index contributed by atoms with van der Waals surface area (Å²) in [6, 6.07) is 16.1. The number of benzene rings is 3. The van der Waals surface area contributed by atoms with E-state index in [1.54, 1.807) is 12.1 Å². The third kappa shape index (κ3) is 9.54. The van der Waals surface area contributed by atoms with Gasteiger partial charge in [-0.3, -0.25) is 9.59 Å². The van der Waals surface area contributed by atoms with E-state index in [0.717, 1.165) is 41.1 Å². The van der Waals surface area contributed by atoms with Gasteiger partial charge in [-0.2, -0.15) is 0 Å². The lowest BCUT2D eigenvalue weighted by Crippen LogP contribution is -2.35. The van der Waals surface area contributed by atoms with Crippen LogP contribution in [0.1, 0.15) is 24.0 Å². The van der Waals surface area contributed by atoms with E-state index in [-0.39, 0.29) is 25.6 Å².